The van der Waals surface area contributed by atoms with E-state index in [0.717, 1.165) is 16.4 Å². The van der Waals surface area contributed by atoms with Crippen LogP contribution in [0.25, 0.3) is 0 Å². The Morgan fingerprint density at radius 2 is 2.00 bits per heavy atom. The highest BCUT2D eigenvalue weighted by atomic mass is 35.5. The Morgan fingerprint density at radius 3 is 2.42 bits per heavy atom. The standard InChI is InChI=1S/C9H10Cl2N4O3S/c10-6-3-5(15(17)18)4-7(11)8(6)13-9(16)14(19)2-1-12/h3-4,19H,1-2,12H2,(H,13,16). The number of carbonyl (C=O) groups excluding carboxylic acids is 1. The van der Waals surface area contributed by atoms with Gasteiger partial charge in [-0.05, 0) is 0 Å². The zero-order valence-electron chi connectivity index (χ0n) is 9.47. The number of nitro groups is 1. The molecular formula is C9H10Cl2N4O3S. The molecule has 0 saturated carbocycles. The van der Waals surface area contributed by atoms with Crippen molar-refractivity contribution < 1.29 is 9.72 Å². The summed E-state index contributed by atoms with van der Waals surface area (Å²) >= 11 is 15.6. The molecule has 1 aromatic carbocycles. The quantitative estimate of drug-likeness (QED) is 0.450. The maximum atomic E-state index is 11.7. The summed E-state index contributed by atoms with van der Waals surface area (Å²) in [5, 5.41) is 12.9. The van der Waals surface area contributed by atoms with Gasteiger partial charge >= 0.3 is 6.03 Å². The molecule has 0 bridgehead atoms. The van der Waals surface area contributed by atoms with Crippen LogP contribution in [0.1, 0.15) is 0 Å². The number of nitrogens with zero attached hydrogens (tertiary/aromatic N) is 2. The number of nitro benzene ring substituents is 1. The molecular weight excluding hydrogens is 315 g/mol. The highest BCUT2D eigenvalue weighted by Crippen LogP contribution is 2.34. The minimum Gasteiger partial charge on any atom is -0.329 e. The normalized spacial score (nSPS) is 10.1. The highest BCUT2D eigenvalue weighted by Gasteiger charge is 2.18. The molecule has 0 saturated heterocycles. The molecule has 0 fully saturated rings. The summed E-state index contributed by atoms with van der Waals surface area (Å²) in [5.41, 5.74) is 5.09. The van der Waals surface area contributed by atoms with E-state index in [9.17, 15) is 14.9 Å². The van der Waals surface area contributed by atoms with E-state index in [-0.39, 0.29) is 34.5 Å². The Hall–Kier alpha value is -1.22. The maximum Gasteiger partial charge on any atom is 0.331 e. The second-order valence-corrected chi connectivity index (χ2v) is 4.68. The van der Waals surface area contributed by atoms with Crippen LogP contribution in [0, 0.1) is 10.1 Å². The lowest BCUT2D eigenvalue weighted by molar-refractivity contribution is -0.384. The van der Waals surface area contributed by atoms with Crippen LogP contribution in [0.5, 0.6) is 0 Å². The van der Waals surface area contributed by atoms with Gasteiger partial charge in [0.2, 0.25) is 0 Å². The maximum absolute atomic E-state index is 11.7. The van der Waals surface area contributed by atoms with Crippen molar-refractivity contribution in [2.75, 3.05) is 18.4 Å². The van der Waals surface area contributed by atoms with Crippen LogP contribution in [0.2, 0.25) is 10.0 Å². The van der Waals surface area contributed by atoms with Gasteiger partial charge in [-0.15, -0.1) is 0 Å². The third kappa shape index (κ3) is 4.13. The molecule has 0 aliphatic carbocycles. The molecule has 104 valence electrons. The smallest absolute Gasteiger partial charge is 0.329 e. The third-order valence-electron chi connectivity index (χ3n) is 2.04. The first-order valence-electron chi connectivity index (χ1n) is 4.97. The fraction of sp³-hybridized carbons (Fsp3) is 0.222. The Bertz CT molecular complexity index is 491. The summed E-state index contributed by atoms with van der Waals surface area (Å²) in [6.45, 7) is 0.454. The number of nitrogens with one attached hydrogen (secondary N) is 1. The SMILES string of the molecule is NCCN(S)C(=O)Nc1c(Cl)cc([N+](=O)[O-])cc1Cl. The molecule has 1 aromatic rings. The second kappa shape index (κ2) is 6.80. The average molecular weight is 325 g/mol. The Labute approximate surface area is 124 Å². The molecule has 0 aliphatic heterocycles. The van der Waals surface area contributed by atoms with Gasteiger partial charge in [-0.1, -0.05) is 36.0 Å². The van der Waals surface area contributed by atoms with Crippen molar-refractivity contribution in [2.24, 2.45) is 5.73 Å². The van der Waals surface area contributed by atoms with Gasteiger partial charge in [0.15, 0.2) is 0 Å². The predicted octanol–water partition coefficient (Wildman–Crippen LogP) is 2.54. The van der Waals surface area contributed by atoms with Gasteiger partial charge in [-0.25, -0.2) is 4.79 Å². The summed E-state index contributed by atoms with van der Waals surface area (Å²) in [6, 6.07) is 1.59. The number of thiol groups is 1. The Balaban J connectivity index is 2.96. The number of amides is 2. The molecule has 7 nitrogen and oxygen atoms in total. The molecule has 0 unspecified atom stereocenters. The zero-order valence-corrected chi connectivity index (χ0v) is 11.9. The fourth-order valence-electron chi connectivity index (χ4n) is 1.18. The van der Waals surface area contributed by atoms with E-state index < -0.39 is 11.0 Å². The van der Waals surface area contributed by atoms with Crippen molar-refractivity contribution in [1.82, 2.24) is 4.31 Å². The summed E-state index contributed by atoms with van der Waals surface area (Å²) < 4.78 is 1.04. The first-order valence-corrected chi connectivity index (χ1v) is 6.13. The minimum absolute atomic E-state index is 0.0398. The Morgan fingerprint density at radius 1 is 1.47 bits per heavy atom. The first-order chi connectivity index (χ1) is 8.86. The minimum atomic E-state index is -0.636. The van der Waals surface area contributed by atoms with Crippen molar-refractivity contribution in [2.45, 2.75) is 0 Å². The van der Waals surface area contributed by atoms with Crippen LogP contribution >= 0.6 is 36.0 Å². The molecule has 1 rings (SSSR count). The van der Waals surface area contributed by atoms with Gasteiger partial charge in [0.1, 0.15) is 0 Å². The first kappa shape index (κ1) is 15.8. The number of halogens is 2. The predicted molar refractivity (Wildman–Crippen MR) is 76.9 cm³/mol. The van der Waals surface area contributed by atoms with Gasteiger partial charge in [-0.2, -0.15) is 0 Å². The van der Waals surface area contributed by atoms with E-state index >= 15 is 0 Å². The number of non-ortho nitro benzene ring substituents is 1. The van der Waals surface area contributed by atoms with Crippen LogP contribution in [0.3, 0.4) is 0 Å². The monoisotopic (exact) mass is 324 g/mol. The van der Waals surface area contributed by atoms with Crippen molar-refractivity contribution in [1.29, 1.82) is 0 Å². The van der Waals surface area contributed by atoms with Crippen LogP contribution in [-0.2, 0) is 0 Å². The number of urea groups is 1. The highest BCUT2D eigenvalue weighted by molar-refractivity contribution is 7.78. The summed E-state index contributed by atoms with van der Waals surface area (Å²) in [4.78, 5) is 21.6. The van der Waals surface area contributed by atoms with E-state index in [2.05, 4.69) is 18.1 Å². The summed E-state index contributed by atoms with van der Waals surface area (Å²) in [6.07, 6.45) is 0. The summed E-state index contributed by atoms with van der Waals surface area (Å²) in [5.74, 6) is 0. The molecule has 19 heavy (non-hydrogen) atoms. The van der Waals surface area contributed by atoms with E-state index in [4.69, 9.17) is 28.9 Å². The molecule has 10 heteroatoms. The topological polar surface area (TPSA) is 102 Å². The number of anilines is 1. The molecule has 3 N–H and O–H groups in total. The second-order valence-electron chi connectivity index (χ2n) is 3.38. The molecule has 0 aliphatic rings. The lowest BCUT2D eigenvalue weighted by Crippen LogP contribution is -2.31. The molecule has 0 heterocycles. The lowest BCUT2D eigenvalue weighted by atomic mass is 10.3. The molecule has 0 radical (unpaired) electrons. The van der Waals surface area contributed by atoms with Gasteiger partial charge in [0.25, 0.3) is 5.69 Å². The van der Waals surface area contributed by atoms with Crippen molar-refractivity contribution >= 4 is 53.4 Å². The fourth-order valence-corrected chi connectivity index (χ4v) is 1.92. The Kier molecular flexibility index (Phi) is 5.67. The number of hydrogen-bond acceptors (Lipinski definition) is 5. The molecule has 0 spiro atoms. The number of benzene rings is 1. The van der Waals surface area contributed by atoms with Gasteiger partial charge in [0.05, 0.1) is 20.7 Å². The van der Waals surface area contributed by atoms with Crippen LogP contribution in [-0.4, -0.2) is 28.3 Å². The third-order valence-corrected chi connectivity index (χ3v) is 3.02. The van der Waals surface area contributed by atoms with E-state index in [1.807, 2.05) is 0 Å². The van der Waals surface area contributed by atoms with E-state index in [1.165, 1.54) is 0 Å². The molecule has 0 aromatic heterocycles. The van der Waals surface area contributed by atoms with Gasteiger partial charge in [0, 0.05) is 25.2 Å². The van der Waals surface area contributed by atoms with Crippen LogP contribution < -0.4 is 11.1 Å². The zero-order chi connectivity index (χ0) is 14.6. The summed E-state index contributed by atoms with van der Waals surface area (Å²) in [7, 11) is 0. The van der Waals surface area contributed by atoms with Crippen molar-refractivity contribution in [3.8, 4) is 0 Å². The van der Waals surface area contributed by atoms with Gasteiger partial charge < -0.3 is 11.1 Å². The number of carbonyl (C=O) groups is 1. The number of hydrogen-bond donors (Lipinski definition) is 3. The largest absolute Gasteiger partial charge is 0.331 e. The number of rotatable bonds is 4. The lowest BCUT2D eigenvalue weighted by Gasteiger charge is -2.16. The van der Waals surface area contributed by atoms with E-state index in [0.29, 0.717) is 0 Å². The van der Waals surface area contributed by atoms with Crippen LogP contribution in [0.4, 0.5) is 16.2 Å². The molecule has 0 atom stereocenters. The average Bonchev–Trinajstić information content (AvgIpc) is 2.33. The van der Waals surface area contributed by atoms with Crippen LogP contribution in [0.15, 0.2) is 12.1 Å². The van der Waals surface area contributed by atoms with Crippen molar-refractivity contribution in [3.63, 3.8) is 0 Å². The number of nitrogens with two attached hydrogens (primary N) is 1. The van der Waals surface area contributed by atoms with Gasteiger partial charge in [-0.3, -0.25) is 14.4 Å². The van der Waals surface area contributed by atoms with Crippen molar-refractivity contribution in [3.05, 3.63) is 32.3 Å². The molecule has 2 amide bonds. The van der Waals surface area contributed by atoms with E-state index in [1.54, 1.807) is 0 Å².